The van der Waals surface area contributed by atoms with Crippen molar-refractivity contribution in [2.45, 2.75) is 0 Å². The third-order valence-electron chi connectivity index (χ3n) is 0.614. The highest BCUT2D eigenvalue weighted by atomic mass is 16.7. The van der Waals surface area contributed by atoms with Crippen molar-refractivity contribution in [1.82, 2.24) is 0 Å². The van der Waals surface area contributed by atoms with E-state index in [1.165, 1.54) is 0 Å². The van der Waals surface area contributed by atoms with Gasteiger partial charge in [0.05, 0.1) is 6.61 Å². The first-order valence-corrected chi connectivity index (χ1v) is 2.41. The van der Waals surface area contributed by atoms with Crippen molar-refractivity contribution >= 4 is 0 Å². The monoisotopic (exact) mass is 134 g/mol. The van der Waals surface area contributed by atoms with Gasteiger partial charge in [0, 0.05) is 0 Å². The molecule has 0 atom stereocenters. The lowest BCUT2D eigenvalue weighted by molar-refractivity contribution is -0.0918. The molecule has 0 spiro atoms. The van der Waals surface area contributed by atoms with Gasteiger partial charge in [0.15, 0.2) is 6.79 Å². The number of ether oxygens (including phenoxy) is 2. The van der Waals surface area contributed by atoms with Crippen LogP contribution in [0.4, 0.5) is 0 Å². The predicted molar refractivity (Wildman–Crippen MR) is 30.3 cm³/mol. The average Bonchev–Trinajstić information content (AvgIpc) is 1.89. The van der Waals surface area contributed by atoms with Crippen molar-refractivity contribution < 1.29 is 19.7 Å². The molecule has 0 unspecified atom stereocenters. The van der Waals surface area contributed by atoms with E-state index in [2.05, 4.69) is 16.1 Å². The minimum Gasteiger partial charge on any atom is -0.470 e. The lowest BCUT2D eigenvalue weighted by Crippen LogP contribution is -2.02. The first-order valence-electron chi connectivity index (χ1n) is 2.41. The Labute approximate surface area is 53.3 Å². The zero-order valence-corrected chi connectivity index (χ0v) is 5.04. The van der Waals surface area contributed by atoms with Crippen molar-refractivity contribution in [3.05, 3.63) is 12.3 Å². The zero-order chi connectivity index (χ0) is 7.11. The van der Waals surface area contributed by atoms with Gasteiger partial charge in [-0.2, -0.15) is 0 Å². The second-order valence-electron chi connectivity index (χ2n) is 1.29. The number of hydrogen-bond donors (Lipinski definition) is 2. The predicted octanol–water partition coefficient (Wildman–Crippen LogP) is -0.567. The van der Waals surface area contributed by atoms with Crippen LogP contribution in [0.1, 0.15) is 0 Å². The highest BCUT2D eigenvalue weighted by Crippen LogP contribution is 1.89. The first-order chi connectivity index (χ1) is 4.31. The van der Waals surface area contributed by atoms with E-state index in [0.29, 0.717) is 0 Å². The quantitative estimate of drug-likeness (QED) is 0.300. The van der Waals surface area contributed by atoms with Crippen LogP contribution in [0.25, 0.3) is 0 Å². The summed E-state index contributed by atoms with van der Waals surface area (Å²) in [5.74, 6) is 0.225. The van der Waals surface area contributed by atoms with Gasteiger partial charge in [0.1, 0.15) is 12.6 Å². The van der Waals surface area contributed by atoms with E-state index in [9.17, 15) is 0 Å². The van der Waals surface area contributed by atoms with Crippen LogP contribution in [0, 0.1) is 0 Å². The molecule has 0 aliphatic heterocycles. The SMILES string of the molecule is C=C(CO)OCOCO. The van der Waals surface area contributed by atoms with Gasteiger partial charge in [0.25, 0.3) is 0 Å². The van der Waals surface area contributed by atoms with Crippen molar-refractivity contribution in [2.75, 3.05) is 20.2 Å². The molecule has 4 nitrogen and oxygen atoms in total. The van der Waals surface area contributed by atoms with Gasteiger partial charge < -0.3 is 19.7 Å². The second-order valence-corrected chi connectivity index (χ2v) is 1.29. The van der Waals surface area contributed by atoms with Gasteiger partial charge in [-0.05, 0) is 0 Å². The molecule has 2 N–H and O–H groups in total. The van der Waals surface area contributed by atoms with Gasteiger partial charge in [0.2, 0.25) is 0 Å². The van der Waals surface area contributed by atoms with E-state index >= 15 is 0 Å². The third kappa shape index (κ3) is 5.29. The molecular weight excluding hydrogens is 124 g/mol. The molecule has 0 amide bonds. The van der Waals surface area contributed by atoms with E-state index in [1.54, 1.807) is 0 Å². The highest BCUT2D eigenvalue weighted by Gasteiger charge is 1.88. The molecule has 54 valence electrons. The topological polar surface area (TPSA) is 58.9 Å². The largest absolute Gasteiger partial charge is 0.470 e. The van der Waals surface area contributed by atoms with Crippen LogP contribution in [0.3, 0.4) is 0 Å². The number of aliphatic hydroxyl groups excluding tert-OH is 2. The minimum absolute atomic E-state index is 0.0735. The maximum atomic E-state index is 8.29. The molecule has 0 aromatic carbocycles. The summed E-state index contributed by atoms with van der Waals surface area (Å²) < 4.78 is 8.97. The van der Waals surface area contributed by atoms with Crippen molar-refractivity contribution in [3.8, 4) is 0 Å². The van der Waals surface area contributed by atoms with Crippen LogP contribution < -0.4 is 0 Å². The molecule has 0 aliphatic carbocycles. The van der Waals surface area contributed by atoms with E-state index in [1.807, 2.05) is 0 Å². The Morgan fingerprint density at radius 1 is 1.44 bits per heavy atom. The van der Waals surface area contributed by atoms with Gasteiger partial charge in [-0.25, -0.2) is 0 Å². The fourth-order valence-corrected chi connectivity index (χ4v) is 0.208. The summed E-state index contributed by atoms with van der Waals surface area (Å²) in [4.78, 5) is 0. The Morgan fingerprint density at radius 2 is 2.11 bits per heavy atom. The Hall–Kier alpha value is -0.580. The van der Waals surface area contributed by atoms with Crippen molar-refractivity contribution in [3.63, 3.8) is 0 Å². The highest BCUT2D eigenvalue weighted by molar-refractivity contribution is 4.79. The van der Waals surface area contributed by atoms with Gasteiger partial charge in [-0.3, -0.25) is 0 Å². The summed E-state index contributed by atoms with van der Waals surface area (Å²) in [5, 5.41) is 16.3. The normalized spacial score (nSPS) is 9.11. The molecular formula is C5H10O4. The Kier molecular flexibility index (Phi) is 5.20. The van der Waals surface area contributed by atoms with Crippen LogP contribution in [0.5, 0.6) is 0 Å². The van der Waals surface area contributed by atoms with Crippen LogP contribution in [-0.2, 0) is 9.47 Å². The van der Waals surface area contributed by atoms with Gasteiger partial charge >= 0.3 is 0 Å². The maximum Gasteiger partial charge on any atom is 0.191 e. The zero-order valence-electron chi connectivity index (χ0n) is 5.04. The van der Waals surface area contributed by atoms with E-state index in [4.69, 9.17) is 10.2 Å². The molecule has 9 heavy (non-hydrogen) atoms. The lowest BCUT2D eigenvalue weighted by Gasteiger charge is -2.04. The molecule has 0 rings (SSSR count). The molecule has 0 aromatic rings. The molecule has 0 radical (unpaired) electrons. The summed E-state index contributed by atoms with van der Waals surface area (Å²) >= 11 is 0. The molecule has 0 aromatic heterocycles. The molecule has 0 saturated heterocycles. The summed E-state index contributed by atoms with van der Waals surface area (Å²) in [6.07, 6.45) is 0. The van der Waals surface area contributed by atoms with E-state index < -0.39 is 6.79 Å². The van der Waals surface area contributed by atoms with E-state index in [-0.39, 0.29) is 19.2 Å². The molecule has 0 saturated carbocycles. The fraction of sp³-hybridized carbons (Fsp3) is 0.600. The Morgan fingerprint density at radius 3 is 2.56 bits per heavy atom. The van der Waals surface area contributed by atoms with Crippen molar-refractivity contribution in [2.24, 2.45) is 0 Å². The smallest absolute Gasteiger partial charge is 0.191 e. The standard InChI is InChI=1S/C5H10O4/c1-5(2-6)9-4-8-3-7/h6-7H,1-4H2. The summed E-state index contributed by atoms with van der Waals surface area (Å²) in [7, 11) is 0. The minimum atomic E-state index is -0.390. The Bertz CT molecular complexity index is 81.0. The molecule has 4 heteroatoms. The van der Waals surface area contributed by atoms with Crippen LogP contribution in [-0.4, -0.2) is 30.4 Å². The summed E-state index contributed by atoms with van der Waals surface area (Å²) in [6.45, 7) is 2.62. The Balaban J connectivity index is 2.97. The van der Waals surface area contributed by atoms with Crippen LogP contribution >= 0.6 is 0 Å². The lowest BCUT2D eigenvalue weighted by atomic mass is 10.6. The van der Waals surface area contributed by atoms with Crippen molar-refractivity contribution in [1.29, 1.82) is 0 Å². The van der Waals surface area contributed by atoms with E-state index in [0.717, 1.165) is 0 Å². The molecule has 0 aliphatic rings. The second kappa shape index (κ2) is 5.55. The number of aliphatic hydroxyl groups is 2. The van der Waals surface area contributed by atoms with Gasteiger partial charge in [-0.1, -0.05) is 6.58 Å². The molecule has 0 heterocycles. The third-order valence-corrected chi connectivity index (χ3v) is 0.614. The van der Waals surface area contributed by atoms with Crippen LogP contribution in [0.2, 0.25) is 0 Å². The molecule has 0 bridgehead atoms. The fourth-order valence-electron chi connectivity index (χ4n) is 0.208. The van der Waals surface area contributed by atoms with Gasteiger partial charge in [-0.15, -0.1) is 0 Å². The summed E-state index contributed by atoms with van der Waals surface area (Å²) in [6, 6.07) is 0. The summed E-state index contributed by atoms with van der Waals surface area (Å²) in [5.41, 5.74) is 0. The van der Waals surface area contributed by atoms with Crippen LogP contribution in [0.15, 0.2) is 12.3 Å². The average molecular weight is 134 g/mol. The number of hydrogen-bond acceptors (Lipinski definition) is 4. The number of rotatable bonds is 5. The maximum absolute atomic E-state index is 8.29. The molecule has 0 fully saturated rings. The first kappa shape index (κ1) is 8.42.